The van der Waals surface area contributed by atoms with Gasteiger partial charge in [0.1, 0.15) is 17.7 Å². The lowest BCUT2D eigenvalue weighted by atomic mass is 9.66. The first kappa shape index (κ1) is 25.9. The number of benzene rings is 1. The second-order valence-corrected chi connectivity index (χ2v) is 12.5. The first-order valence-electron chi connectivity index (χ1n) is 12.5. The minimum absolute atomic E-state index is 0.0290. The van der Waals surface area contributed by atoms with Crippen molar-refractivity contribution in [1.29, 1.82) is 5.26 Å². The highest BCUT2D eigenvalue weighted by atomic mass is 32.2. The van der Waals surface area contributed by atoms with Gasteiger partial charge < -0.3 is 0 Å². The molecular weight excluding hydrogens is 536 g/mol. The third kappa shape index (κ3) is 3.76. The van der Waals surface area contributed by atoms with Crippen LogP contribution >= 0.6 is 0 Å². The molecule has 2 atom stereocenters. The zero-order chi connectivity index (χ0) is 28.4. The van der Waals surface area contributed by atoms with Crippen molar-refractivity contribution in [3.05, 3.63) is 82.9 Å². The third-order valence-corrected chi connectivity index (χ3v) is 8.81. The largest absolute Gasteiger partial charge is 0.266 e. The highest BCUT2D eigenvalue weighted by Gasteiger charge is 2.65. The SMILES string of the molecule is CC1(C)[C@H]2CC[C@@]1(c1ccnc(-c3cnc(NS(C)(=O)=O)c(C#N)c3)n1)c1nnc(-c3c(F)cccc3F)cc12. The van der Waals surface area contributed by atoms with Crippen molar-refractivity contribution in [3.8, 4) is 28.7 Å². The summed E-state index contributed by atoms with van der Waals surface area (Å²) in [6, 6.07) is 10.7. The number of nitrogens with zero attached hydrogens (tertiary/aromatic N) is 6. The highest BCUT2D eigenvalue weighted by Crippen LogP contribution is 2.69. The summed E-state index contributed by atoms with van der Waals surface area (Å²) in [4.78, 5) is 13.4. The van der Waals surface area contributed by atoms with Gasteiger partial charge in [0.15, 0.2) is 11.6 Å². The van der Waals surface area contributed by atoms with Gasteiger partial charge in [-0.25, -0.2) is 32.2 Å². The summed E-state index contributed by atoms with van der Waals surface area (Å²) in [6.07, 6.45) is 5.58. The van der Waals surface area contributed by atoms with E-state index < -0.39 is 27.1 Å². The molecule has 0 spiro atoms. The minimum Gasteiger partial charge on any atom is -0.266 e. The van der Waals surface area contributed by atoms with Crippen LogP contribution in [0.4, 0.5) is 14.6 Å². The summed E-state index contributed by atoms with van der Waals surface area (Å²) in [5.41, 5.74) is 1.77. The molecule has 40 heavy (non-hydrogen) atoms. The number of pyridine rings is 1. The first-order valence-corrected chi connectivity index (χ1v) is 14.4. The number of anilines is 1. The van der Waals surface area contributed by atoms with Gasteiger partial charge in [-0.1, -0.05) is 19.9 Å². The van der Waals surface area contributed by atoms with Crippen LogP contribution in [-0.2, 0) is 15.4 Å². The van der Waals surface area contributed by atoms with Crippen LogP contribution in [0.3, 0.4) is 0 Å². The molecule has 3 aromatic heterocycles. The summed E-state index contributed by atoms with van der Waals surface area (Å²) in [6.45, 7) is 4.27. The van der Waals surface area contributed by atoms with E-state index in [1.54, 1.807) is 12.3 Å². The van der Waals surface area contributed by atoms with E-state index in [1.807, 2.05) is 12.1 Å². The number of halogens is 2. The van der Waals surface area contributed by atoms with Crippen LogP contribution in [-0.4, -0.2) is 39.8 Å². The van der Waals surface area contributed by atoms with Gasteiger partial charge in [-0.3, -0.25) is 4.72 Å². The number of rotatable bonds is 5. The van der Waals surface area contributed by atoms with Crippen molar-refractivity contribution >= 4 is 15.8 Å². The Labute approximate surface area is 229 Å². The molecule has 4 aromatic rings. The Morgan fingerprint density at radius 2 is 1.85 bits per heavy atom. The number of aromatic nitrogens is 5. The predicted molar refractivity (Wildman–Crippen MR) is 142 cm³/mol. The topological polar surface area (TPSA) is 134 Å². The molecule has 2 aliphatic carbocycles. The van der Waals surface area contributed by atoms with Crippen LogP contribution in [0.25, 0.3) is 22.6 Å². The van der Waals surface area contributed by atoms with Crippen molar-refractivity contribution in [2.24, 2.45) is 5.41 Å². The lowest BCUT2D eigenvalue weighted by molar-refractivity contribution is 0.243. The van der Waals surface area contributed by atoms with Crippen LogP contribution in [0.15, 0.2) is 48.8 Å². The number of nitriles is 1. The molecule has 0 unspecified atom stereocenters. The second kappa shape index (κ2) is 8.82. The molecule has 0 aliphatic heterocycles. The Balaban J connectivity index is 1.46. The summed E-state index contributed by atoms with van der Waals surface area (Å²) in [7, 11) is -3.63. The van der Waals surface area contributed by atoms with Gasteiger partial charge in [0.05, 0.1) is 39.9 Å². The summed E-state index contributed by atoms with van der Waals surface area (Å²) < 4.78 is 54.6. The Kier molecular flexibility index (Phi) is 5.71. The van der Waals surface area contributed by atoms with Gasteiger partial charge in [0, 0.05) is 18.0 Å². The molecule has 1 N–H and O–H groups in total. The summed E-state index contributed by atoms with van der Waals surface area (Å²) in [5, 5.41) is 18.4. The standard InChI is InChI=1S/C28H23F2N7O2S/c1-27(2)18-7-9-28(27,24-17(18)12-21(35-36-24)23-19(29)5-4-6-20(23)30)22-8-10-32-25(34-22)16-11-15(13-31)26(33-14-16)37-40(3,38)39/h4-6,8,10-12,14,18H,7,9H2,1-3H3,(H,33,37)/t18-,28+/m0/s1. The van der Waals surface area contributed by atoms with Crippen LogP contribution < -0.4 is 4.72 Å². The third-order valence-electron chi connectivity index (χ3n) is 8.24. The molecule has 202 valence electrons. The zero-order valence-corrected chi connectivity index (χ0v) is 22.6. The second-order valence-electron chi connectivity index (χ2n) is 10.7. The van der Waals surface area contributed by atoms with Crippen molar-refractivity contribution in [2.45, 2.75) is 38.0 Å². The smallest absolute Gasteiger partial charge is 0.231 e. The van der Waals surface area contributed by atoms with E-state index in [9.17, 15) is 22.5 Å². The fourth-order valence-electron chi connectivity index (χ4n) is 6.42. The molecule has 0 radical (unpaired) electrons. The summed E-state index contributed by atoms with van der Waals surface area (Å²) in [5.74, 6) is -1.10. The molecule has 0 amide bonds. The Bertz CT molecular complexity index is 1840. The molecule has 2 bridgehead atoms. The lowest BCUT2D eigenvalue weighted by Crippen LogP contribution is -2.38. The maximum atomic E-state index is 14.6. The monoisotopic (exact) mass is 559 g/mol. The minimum atomic E-state index is -3.63. The molecule has 12 heteroatoms. The normalized spacial score (nSPS) is 20.6. The maximum Gasteiger partial charge on any atom is 0.231 e. The van der Waals surface area contributed by atoms with Crippen LogP contribution in [0.2, 0.25) is 0 Å². The summed E-state index contributed by atoms with van der Waals surface area (Å²) >= 11 is 0. The fraction of sp³-hybridized carbons (Fsp3) is 0.286. The molecule has 3 heterocycles. The molecule has 1 saturated carbocycles. The highest BCUT2D eigenvalue weighted by molar-refractivity contribution is 7.92. The lowest BCUT2D eigenvalue weighted by Gasteiger charge is -2.37. The molecule has 9 nitrogen and oxygen atoms in total. The van der Waals surface area contributed by atoms with E-state index in [2.05, 4.69) is 38.7 Å². The average Bonchev–Trinajstić information content (AvgIpc) is 3.29. The number of sulfonamides is 1. The Hall–Kier alpha value is -4.37. The van der Waals surface area contributed by atoms with E-state index >= 15 is 0 Å². The van der Waals surface area contributed by atoms with Crippen LogP contribution in [0.5, 0.6) is 0 Å². The van der Waals surface area contributed by atoms with Gasteiger partial charge in [0.25, 0.3) is 0 Å². The molecule has 6 rings (SSSR count). The van der Waals surface area contributed by atoms with Gasteiger partial charge >= 0.3 is 0 Å². The number of nitrogens with one attached hydrogen (secondary N) is 1. The van der Waals surface area contributed by atoms with Crippen LogP contribution in [0, 0.1) is 28.4 Å². The Morgan fingerprint density at radius 3 is 2.55 bits per heavy atom. The number of hydrogen-bond acceptors (Lipinski definition) is 8. The van der Waals surface area contributed by atoms with E-state index in [4.69, 9.17) is 4.98 Å². The molecule has 1 aromatic carbocycles. The number of hydrogen-bond donors (Lipinski definition) is 1. The van der Waals surface area contributed by atoms with Gasteiger partial charge in [-0.05, 0) is 60.1 Å². The van der Waals surface area contributed by atoms with Crippen molar-refractivity contribution in [1.82, 2.24) is 25.1 Å². The predicted octanol–water partition coefficient (Wildman–Crippen LogP) is 4.72. The molecule has 1 fully saturated rings. The van der Waals surface area contributed by atoms with Gasteiger partial charge in [-0.15, -0.1) is 5.10 Å². The Morgan fingerprint density at radius 1 is 1.10 bits per heavy atom. The van der Waals surface area contributed by atoms with Crippen molar-refractivity contribution in [2.75, 3.05) is 11.0 Å². The van der Waals surface area contributed by atoms with E-state index in [-0.39, 0.29) is 34.0 Å². The van der Waals surface area contributed by atoms with Crippen molar-refractivity contribution < 1.29 is 17.2 Å². The van der Waals surface area contributed by atoms with Gasteiger partial charge in [-0.2, -0.15) is 10.4 Å². The van der Waals surface area contributed by atoms with Crippen LogP contribution in [0.1, 0.15) is 55.1 Å². The van der Waals surface area contributed by atoms with E-state index in [0.717, 1.165) is 30.4 Å². The molecule has 0 saturated heterocycles. The van der Waals surface area contributed by atoms with Gasteiger partial charge in [0.2, 0.25) is 10.0 Å². The number of fused-ring (bicyclic) bond motifs is 5. The quantitative estimate of drug-likeness (QED) is 0.371. The average molecular weight is 560 g/mol. The first-order chi connectivity index (χ1) is 19.0. The van der Waals surface area contributed by atoms with E-state index in [0.29, 0.717) is 17.1 Å². The maximum absolute atomic E-state index is 14.6. The fourth-order valence-corrected chi connectivity index (χ4v) is 6.94. The molecule has 2 aliphatic rings. The van der Waals surface area contributed by atoms with E-state index in [1.165, 1.54) is 30.5 Å². The van der Waals surface area contributed by atoms with Crippen molar-refractivity contribution in [3.63, 3.8) is 0 Å². The zero-order valence-electron chi connectivity index (χ0n) is 21.8. The molecular formula is C28H23F2N7O2S.